The number of halogens is 1. The quantitative estimate of drug-likeness (QED) is 0.443. The molecule has 160 valence electrons. The number of sulfonamides is 1. The number of hydrogen-bond acceptors (Lipinski definition) is 6. The molecule has 10 heteroatoms. The van der Waals surface area contributed by atoms with Gasteiger partial charge in [0.2, 0.25) is 10.0 Å². The summed E-state index contributed by atoms with van der Waals surface area (Å²) < 4.78 is 38.1. The predicted octanol–water partition coefficient (Wildman–Crippen LogP) is 2.42. The number of benzene rings is 2. The highest BCUT2D eigenvalue weighted by Gasteiger charge is 2.27. The first-order valence-corrected chi connectivity index (χ1v) is 11.7. The van der Waals surface area contributed by atoms with Crippen LogP contribution in [0.2, 0.25) is 0 Å². The lowest BCUT2D eigenvalue weighted by molar-refractivity contribution is -0.119. The molecule has 8 nitrogen and oxygen atoms in total. The number of nitrogens with zero attached hydrogens (tertiary/aromatic N) is 1. The molecule has 0 saturated carbocycles. The maximum atomic E-state index is 12.8. The van der Waals surface area contributed by atoms with Crippen molar-refractivity contribution in [1.29, 1.82) is 0 Å². The van der Waals surface area contributed by atoms with Gasteiger partial charge in [0, 0.05) is 22.3 Å². The van der Waals surface area contributed by atoms with Crippen molar-refractivity contribution in [2.24, 2.45) is 0 Å². The number of rotatable bonds is 6. The number of ether oxygens (including phenoxy) is 2. The lowest BCUT2D eigenvalue weighted by Gasteiger charge is -2.26. The average Bonchev–Trinajstić information content (AvgIpc) is 2.74. The largest absolute Gasteiger partial charge is 0.452 e. The molecule has 1 heterocycles. The molecule has 0 atom stereocenters. The van der Waals surface area contributed by atoms with Crippen LogP contribution in [0.4, 0.5) is 5.69 Å². The van der Waals surface area contributed by atoms with E-state index in [1.807, 2.05) is 6.07 Å². The number of aryl methyl sites for hydroxylation is 1. The van der Waals surface area contributed by atoms with Gasteiger partial charge in [0.05, 0.1) is 23.7 Å². The minimum atomic E-state index is -3.69. The highest BCUT2D eigenvalue weighted by atomic mass is 127. The summed E-state index contributed by atoms with van der Waals surface area (Å²) in [5, 5.41) is 2.62. The van der Waals surface area contributed by atoms with Gasteiger partial charge < -0.3 is 14.8 Å². The Bertz CT molecular complexity index is 1050. The summed E-state index contributed by atoms with van der Waals surface area (Å²) in [6.07, 6.45) is 0. The fourth-order valence-electron chi connectivity index (χ4n) is 2.85. The summed E-state index contributed by atoms with van der Waals surface area (Å²) in [6.45, 7) is 2.53. The second-order valence-corrected chi connectivity index (χ2v) is 9.81. The fourth-order valence-corrected chi connectivity index (χ4v) is 4.83. The molecule has 1 N–H and O–H groups in total. The summed E-state index contributed by atoms with van der Waals surface area (Å²) in [5.41, 5.74) is 1.39. The molecule has 0 aromatic heterocycles. The number of morpholine rings is 1. The van der Waals surface area contributed by atoms with Crippen LogP contribution in [-0.4, -0.2) is 57.5 Å². The van der Waals surface area contributed by atoms with Gasteiger partial charge in [0.25, 0.3) is 5.91 Å². The molecule has 0 aliphatic carbocycles. The molecule has 0 bridgehead atoms. The van der Waals surface area contributed by atoms with Gasteiger partial charge in [-0.3, -0.25) is 4.79 Å². The van der Waals surface area contributed by atoms with E-state index in [0.717, 1.165) is 3.57 Å². The zero-order valence-corrected chi connectivity index (χ0v) is 19.2. The second-order valence-electron chi connectivity index (χ2n) is 6.63. The molecule has 1 aliphatic rings. The molecule has 0 spiro atoms. The Hall–Kier alpha value is -2.02. The van der Waals surface area contributed by atoms with Gasteiger partial charge in [-0.25, -0.2) is 13.2 Å². The van der Waals surface area contributed by atoms with E-state index in [1.54, 1.807) is 31.2 Å². The SMILES string of the molecule is Cc1ccc(S(=O)(=O)N2CCOCC2)cc1NC(=O)COC(=O)c1cccc(I)c1. The molecule has 2 aromatic rings. The van der Waals surface area contributed by atoms with Crippen LogP contribution >= 0.6 is 22.6 Å². The van der Waals surface area contributed by atoms with Crippen LogP contribution in [0.1, 0.15) is 15.9 Å². The molecule has 2 aromatic carbocycles. The van der Waals surface area contributed by atoms with Crippen molar-refractivity contribution in [2.45, 2.75) is 11.8 Å². The molecule has 30 heavy (non-hydrogen) atoms. The average molecular weight is 544 g/mol. The third kappa shape index (κ3) is 5.56. The lowest BCUT2D eigenvalue weighted by atomic mass is 10.2. The van der Waals surface area contributed by atoms with Gasteiger partial charge in [0.1, 0.15) is 0 Å². The third-order valence-electron chi connectivity index (χ3n) is 4.49. The molecule has 1 amide bonds. The van der Waals surface area contributed by atoms with Gasteiger partial charge in [0.15, 0.2) is 6.61 Å². The first kappa shape index (κ1) is 22.7. The van der Waals surface area contributed by atoms with E-state index in [4.69, 9.17) is 9.47 Å². The minimum absolute atomic E-state index is 0.0844. The second kappa shape index (κ2) is 9.86. The standard InChI is InChI=1S/C20H21IN2O6S/c1-14-5-6-17(30(26,27)23-7-9-28-10-8-23)12-18(14)22-19(24)13-29-20(25)15-3-2-4-16(21)11-15/h2-6,11-12H,7-10,13H2,1H3,(H,22,24). The van der Waals surface area contributed by atoms with Crippen LogP contribution < -0.4 is 5.32 Å². The molecule has 0 unspecified atom stereocenters. The molecule has 0 radical (unpaired) electrons. The Morgan fingerprint density at radius 2 is 1.90 bits per heavy atom. The smallest absolute Gasteiger partial charge is 0.338 e. The van der Waals surface area contributed by atoms with E-state index in [-0.39, 0.29) is 18.0 Å². The monoisotopic (exact) mass is 544 g/mol. The summed E-state index contributed by atoms with van der Waals surface area (Å²) >= 11 is 2.08. The van der Waals surface area contributed by atoms with Crippen LogP contribution in [0.5, 0.6) is 0 Å². The predicted molar refractivity (Wildman–Crippen MR) is 119 cm³/mol. The van der Waals surface area contributed by atoms with E-state index >= 15 is 0 Å². The number of carbonyl (C=O) groups excluding carboxylic acids is 2. The Labute approximate surface area is 188 Å². The van der Waals surface area contributed by atoms with E-state index in [0.29, 0.717) is 30.0 Å². The van der Waals surface area contributed by atoms with E-state index < -0.39 is 28.5 Å². The Morgan fingerprint density at radius 1 is 1.17 bits per heavy atom. The van der Waals surface area contributed by atoms with E-state index in [2.05, 4.69) is 27.9 Å². The number of anilines is 1. The first-order chi connectivity index (χ1) is 14.3. The van der Waals surface area contributed by atoms with Crippen LogP contribution in [0.15, 0.2) is 47.4 Å². The van der Waals surface area contributed by atoms with Crippen molar-refractivity contribution in [3.63, 3.8) is 0 Å². The third-order valence-corrected chi connectivity index (χ3v) is 7.05. The fraction of sp³-hybridized carbons (Fsp3) is 0.300. The maximum absolute atomic E-state index is 12.8. The summed E-state index contributed by atoms with van der Waals surface area (Å²) in [5.74, 6) is -1.16. The van der Waals surface area contributed by atoms with Gasteiger partial charge in [-0.1, -0.05) is 12.1 Å². The van der Waals surface area contributed by atoms with Gasteiger partial charge in [-0.2, -0.15) is 4.31 Å². The van der Waals surface area contributed by atoms with Crippen molar-refractivity contribution >= 4 is 50.2 Å². The first-order valence-electron chi connectivity index (χ1n) is 9.18. The highest BCUT2D eigenvalue weighted by molar-refractivity contribution is 14.1. The van der Waals surface area contributed by atoms with Crippen LogP contribution in [0.3, 0.4) is 0 Å². The van der Waals surface area contributed by atoms with E-state index in [9.17, 15) is 18.0 Å². The molecule has 1 fully saturated rings. The number of carbonyl (C=O) groups is 2. The number of nitrogens with one attached hydrogen (secondary N) is 1. The number of amides is 1. The summed E-state index contributed by atoms with van der Waals surface area (Å²) in [6, 6.07) is 11.4. The molecule has 1 saturated heterocycles. The van der Waals surface area contributed by atoms with Crippen LogP contribution in [0.25, 0.3) is 0 Å². The minimum Gasteiger partial charge on any atom is -0.452 e. The molecular formula is C20H21IN2O6S. The van der Waals surface area contributed by atoms with Crippen molar-refractivity contribution in [3.05, 3.63) is 57.2 Å². The topological polar surface area (TPSA) is 102 Å². The maximum Gasteiger partial charge on any atom is 0.338 e. The molecule has 3 rings (SSSR count). The van der Waals surface area contributed by atoms with Crippen molar-refractivity contribution in [3.8, 4) is 0 Å². The van der Waals surface area contributed by atoms with Gasteiger partial charge in [-0.05, 0) is 65.4 Å². The summed E-state index contributed by atoms with van der Waals surface area (Å²) in [7, 11) is -3.69. The van der Waals surface area contributed by atoms with Crippen molar-refractivity contribution in [1.82, 2.24) is 4.31 Å². The molecule has 1 aliphatic heterocycles. The van der Waals surface area contributed by atoms with Crippen molar-refractivity contribution in [2.75, 3.05) is 38.2 Å². The zero-order chi connectivity index (χ0) is 21.7. The number of hydrogen-bond donors (Lipinski definition) is 1. The van der Waals surface area contributed by atoms with Gasteiger partial charge in [-0.15, -0.1) is 0 Å². The summed E-state index contributed by atoms with van der Waals surface area (Å²) in [4.78, 5) is 24.4. The van der Waals surface area contributed by atoms with Gasteiger partial charge >= 0.3 is 5.97 Å². The Morgan fingerprint density at radius 3 is 2.60 bits per heavy atom. The van der Waals surface area contributed by atoms with Crippen LogP contribution in [-0.2, 0) is 24.3 Å². The Kier molecular flexibility index (Phi) is 7.45. The van der Waals surface area contributed by atoms with Crippen LogP contribution in [0, 0.1) is 10.5 Å². The van der Waals surface area contributed by atoms with Crippen molar-refractivity contribution < 1.29 is 27.5 Å². The zero-order valence-electron chi connectivity index (χ0n) is 16.3. The molecular weight excluding hydrogens is 523 g/mol. The van der Waals surface area contributed by atoms with E-state index in [1.165, 1.54) is 16.4 Å². The lowest BCUT2D eigenvalue weighted by Crippen LogP contribution is -2.40. The normalized spacial score (nSPS) is 14.9. The highest BCUT2D eigenvalue weighted by Crippen LogP contribution is 2.23. The number of esters is 1. The Balaban J connectivity index is 1.66.